The third-order valence-electron chi connectivity index (χ3n) is 2.87. The van der Waals surface area contributed by atoms with Gasteiger partial charge in [-0.3, -0.25) is 0 Å². The summed E-state index contributed by atoms with van der Waals surface area (Å²) in [5.41, 5.74) is 2.95. The van der Waals surface area contributed by atoms with E-state index in [1.807, 2.05) is 25.1 Å². The minimum absolute atomic E-state index is 0.605. The fourth-order valence-electron chi connectivity index (χ4n) is 1.89. The number of hydrogen-bond donors (Lipinski definition) is 1. The molecule has 1 aromatic carbocycles. The van der Waals surface area contributed by atoms with Gasteiger partial charge in [-0.15, -0.1) is 0 Å². The lowest BCUT2D eigenvalue weighted by Crippen LogP contribution is -2.13. The van der Waals surface area contributed by atoms with Gasteiger partial charge in [0, 0.05) is 6.54 Å². The molecule has 1 N–H and O–H groups in total. The largest absolute Gasteiger partial charge is 0.496 e. The molecule has 19 heavy (non-hydrogen) atoms. The van der Waals surface area contributed by atoms with Crippen molar-refractivity contribution >= 4 is 0 Å². The van der Waals surface area contributed by atoms with E-state index in [9.17, 15) is 0 Å². The van der Waals surface area contributed by atoms with E-state index in [2.05, 4.69) is 17.2 Å². The Morgan fingerprint density at radius 3 is 2.95 bits per heavy atom. The maximum absolute atomic E-state index is 5.55. The Bertz CT molecular complexity index is 535. The Morgan fingerprint density at radius 2 is 2.21 bits per heavy atom. The zero-order valence-corrected chi connectivity index (χ0v) is 11.7. The maximum Gasteiger partial charge on any atom is 0.229 e. The first-order chi connectivity index (χ1) is 9.24. The Balaban J connectivity index is 2.20. The summed E-state index contributed by atoms with van der Waals surface area (Å²) in [6.07, 6.45) is 2.80. The zero-order valence-electron chi connectivity index (χ0n) is 11.7. The van der Waals surface area contributed by atoms with Crippen LogP contribution in [-0.4, -0.2) is 18.6 Å². The van der Waals surface area contributed by atoms with Crippen LogP contribution in [0.4, 0.5) is 0 Å². The predicted molar refractivity (Wildman–Crippen MR) is 75.2 cm³/mol. The number of nitrogens with one attached hydrogen (secondary N) is 1. The second-order valence-electron chi connectivity index (χ2n) is 4.52. The van der Waals surface area contributed by atoms with Crippen molar-refractivity contribution in [2.75, 3.05) is 13.7 Å². The van der Waals surface area contributed by atoms with Crippen molar-refractivity contribution in [3.63, 3.8) is 0 Å². The normalized spacial score (nSPS) is 10.7. The van der Waals surface area contributed by atoms with Crippen molar-refractivity contribution in [1.29, 1.82) is 0 Å². The summed E-state index contributed by atoms with van der Waals surface area (Å²) in [4.78, 5) is 4.49. The molecule has 102 valence electrons. The van der Waals surface area contributed by atoms with E-state index in [-0.39, 0.29) is 0 Å². The third kappa shape index (κ3) is 3.35. The zero-order chi connectivity index (χ0) is 13.7. The first-order valence-corrected chi connectivity index (χ1v) is 6.54. The lowest BCUT2D eigenvalue weighted by Gasteiger charge is -2.05. The van der Waals surface area contributed by atoms with E-state index < -0.39 is 0 Å². The fraction of sp³-hybridized carbons (Fsp3) is 0.400. The molecule has 1 aromatic heterocycles. The van der Waals surface area contributed by atoms with Gasteiger partial charge in [-0.2, -0.15) is 0 Å². The van der Waals surface area contributed by atoms with Crippen molar-refractivity contribution in [1.82, 2.24) is 10.3 Å². The van der Waals surface area contributed by atoms with E-state index >= 15 is 0 Å². The molecule has 0 radical (unpaired) electrons. The van der Waals surface area contributed by atoms with Crippen molar-refractivity contribution < 1.29 is 9.15 Å². The van der Waals surface area contributed by atoms with Gasteiger partial charge in [0.1, 0.15) is 12.0 Å². The summed E-state index contributed by atoms with van der Waals surface area (Å²) >= 11 is 0. The highest BCUT2D eigenvalue weighted by atomic mass is 16.5. The molecular formula is C15H20N2O2. The number of oxazole rings is 1. The highest BCUT2D eigenvalue weighted by Crippen LogP contribution is 2.30. The molecule has 4 nitrogen and oxygen atoms in total. The Hall–Kier alpha value is -1.81. The summed E-state index contributed by atoms with van der Waals surface area (Å²) in [5.74, 6) is 1.38. The molecule has 4 heteroatoms. The molecule has 0 spiro atoms. The maximum atomic E-state index is 5.55. The standard InChI is InChI=1S/C15H20N2O2/c1-4-7-16-9-12-10-19-15(17-12)13-8-11(2)5-6-14(13)18-3/h5-6,8,10,16H,4,7,9H2,1-3H3. The minimum Gasteiger partial charge on any atom is -0.496 e. The van der Waals surface area contributed by atoms with Crippen LogP contribution >= 0.6 is 0 Å². The van der Waals surface area contributed by atoms with Gasteiger partial charge >= 0.3 is 0 Å². The summed E-state index contributed by atoms with van der Waals surface area (Å²) < 4.78 is 10.9. The molecule has 0 aliphatic rings. The third-order valence-corrected chi connectivity index (χ3v) is 2.87. The molecule has 0 fully saturated rings. The summed E-state index contributed by atoms with van der Waals surface area (Å²) in [6, 6.07) is 5.97. The molecule has 1 heterocycles. The molecule has 2 rings (SSSR count). The highest BCUT2D eigenvalue weighted by Gasteiger charge is 2.12. The Labute approximate surface area is 113 Å². The lowest BCUT2D eigenvalue weighted by atomic mass is 10.1. The molecule has 0 aliphatic heterocycles. The summed E-state index contributed by atoms with van der Waals surface area (Å²) in [5, 5.41) is 3.30. The average molecular weight is 260 g/mol. The van der Waals surface area contributed by atoms with Gasteiger partial charge in [0.05, 0.1) is 18.4 Å². The molecule has 0 unspecified atom stereocenters. The molecular weight excluding hydrogens is 240 g/mol. The first-order valence-electron chi connectivity index (χ1n) is 6.54. The van der Waals surface area contributed by atoms with Crippen LogP contribution in [0, 0.1) is 6.92 Å². The molecule has 0 bridgehead atoms. The number of aryl methyl sites for hydroxylation is 1. The van der Waals surface area contributed by atoms with Crippen LogP contribution in [0.1, 0.15) is 24.6 Å². The summed E-state index contributed by atoms with van der Waals surface area (Å²) in [6.45, 7) is 5.88. The van der Waals surface area contributed by atoms with Gasteiger partial charge in [-0.1, -0.05) is 18.6 Å². The number of benzene rings is 1. The molecule has 0 amide bonds. The fourth-order valence-corrected chi connectivity index (χ4v) is 1.89. The molecule has 0 saturated heterocycles. The second-order valence-corrected chi connectivity index (χ2v) is 4.52. The van der Waals surface area contributed by atoms with Crippen LogP contribution in [0.5, 0.6) is 5.75 Å². The van der Waals surface area contributed by atoms with Gasteiger partial charge in [-0.25, -0.2) is 4.98 Å². The van der Waals surface area contributed by atoms with Crippen molar-refractivity contribution in [3.8, 4) is 17.2 Å². The molecule has 0 atom stereocenters. The first kappa shape index (κ1) is 13.6. The van der Waals surface area contributed by atoms with E-state index in [0.29, 0.717) is 5.89 Å². The molecule has 0 aliphatic carbocycles. The molecule has 2 aromatic rings. The van der Waals surface area contributed by atoms with Gasteiger partial charge in [0.15, 0.2) is 0 Å². The number of rotatable bonds is 6. The SMILES string of the molecule is CCCNCc1coc(-c2cc(C)ccc2OC)n1. The topological polar surface area (TPSA) is 47.3 Å². The van der Waals surface area contributed by atoms with Gasteiger partial charge in [0.25, 0.3) is 0 Å². The van der Waals surface area contributed by atoms with E-state index in [1.54, 1.807) is 13.4 Å². The average Bonchev–Trinajstić information content (AvgIpc) is 2.88. The van der Waals surface area contributed by atoms with Crippen LogP contribution in [-0.2, 0) is 6.54 Å². The van der Waals surface area contributed by atoms with Crippen LogP contribution in [0.2, 0.25) is 0 Å². The smallest absolute Gasteiger partial charge is 0.229 e. The summed E-state index contributed by atoms with van der Waals surface area (Å²) in [7, 11) is 1.65. The van der Waals surface area contributed by atoms with Crippen LogP contribution < -0.4 is 10.1 Å². The molecule has 0 saturated carbocycles. The van der Waals surface area contributed by atoms with E-state index in [4.69, 9.17) is 9.15 Å². The number of ether oxygens (including phenoxy) is 1. The number of nitrogens with zero attached hydrogens (tertiary/aromatic N) is 1. The lowest BCUT2D eigenvalue weighted by molar-refractivity contribution is 0.414. The Morgan fingerprint density at radius 1 is 1.37 bits per heavy atom. The van der Waals surface area contributed by atoms with Gasteiger partial charge < -0.3 is 14.5 Å². The van der Waals surface area contributed by atoms with Crippen molar-refractivity contribution in [2.24, 2.45) is 0 Å². The number of hydrogen-bond acceptors (Lipinski definition) is 4. The van der Waals surface area contributed by atoms with Gasteiger partial charge in [0.2, 0.25) is 5.89 Å². The highest BCUT2D eigenvalue weighted by molar-refractivity contribution is 5.63. The number of aromatic nitrogens is 1. The van der Waals surface area contributed by atoms with Crippen LogP contribution in [0.25, 0.3) is 11.5 Å². The van der Waals surface area contributed by atoms with Gasteiger partial charge in [-0.05, 0) is 32.0 Å². The van der Waals surface area contributed by atoms with E-state index in [0.717, 1.165) is 42.1 Å². The quantitative estimate of drug-likeness (QED) is 0.810. The monoisotopic (exact) mass is 260 g/mol. The minimum atomic E-state index is 0.605. The van der Waals surface area contributed by atoms with Crippen molar-refractivity contribution in [2.45, 2.75) is 26.8 Å². The second kappa shape index (κ2) is 6.38. The Kier molecular flexibility index (Phi) is 4.58. The predicted octanol–water partition coefficient (Wildman–Crippen LogP) is 3.16. The van der Waals surface area contributed by atoms with E-state index in [1.165, 1.54) is 0 Å². The van der Waals surface area contributed by atoms with Crippen LogP contribution in [0.15, 0.2) is 28.9 Å². The van der Waals surface area contributed by atoms with Crippen molar-refractivity contribution in [3.05, 3.63) is 35.7 Å². The number of methoxy groups -OCH3 is 1. The van der Waals surface area contributed by atoms with Crippen LogP contribution in [0.3, 0.4) is 0 Å².